The Balaban J connectivity index is 2.04. The first-order valence-electron chi connectivity index (χ1n) is 4.96. The van der Waals surface area contributed by atoms with Gasteiger partial charge in [-0.2, -0.15) is 0 Å². The van der Waals surface area contributed by atoms with Gasteiger partial charge >= 0.3 is 5.97 Å². The van der Waals surface area contributed by atoms with Crippen LogP contribution in [0.1, 0.15) is 15.9 Å². The summed E-state index contributed by atoms with van der Waals surface area (Å²) in [5, 5.41) is 13.2. The Morgan fingerprint density at radius 2 is 2.18 bits per heavy atom. The number of carboxylic acids is 1. The van der Waals surface area contributed by atoms with Crippen molar-refractivity contribution in [3.63, 3.8) is 0 Å². The van der Waals surface area contributed by atoms with Crippen LogP contribution in [0, 0.1) is 0 Å². The molecule has 0 aliphatic carbocycles. The van der Waals surface area contributed by atoms with E-state index in [1.165, 1.54) is 0 Å². The van der Waals surface area contributed by atoms with E-state index in [0.717, 1.165) is 14.4 Å². The van der Waals surface area contributed by atoms with Crippen LogP contribution in [0.15, 0.2) is 40.2 Å². The minimum atomic E-state index is -0.897. The number of hydrogen-bond acceptors (Lipinski definition) is 3. The third kappa shape index (κ3) is 3.31. The van der Waals surface area contributed by atoms with Crippen LogP contribution >= 0.6 is 27.3 Å². The molecule has 2 aromatic rings. The topological polar surface area (TPSA) is 49.3 Å². The van der Waals surface area contributed by atoms with Crippen molar-refractivity contribution in [1.29, 1.82) is 0 Å². The van der Waals surface area contributed by atoms with Crippen LogP contribution in [-0.4, -0.2) is 11.1 Å². The summed E-state index contributed by atoms with van der Waals surface area (Å²) in [5.74, 6) is -0.897. The van der Waals surface area contributed by atoms with Gasteiger partial charge in [-0.15, -0.1) is 11.3 Å². The molecule has 0 bridgehead atoms. The van der Waals surface area contributed by atoms with E-state index in [1.807, 2.05) is 18.2 Å². The summed E-state index contributed by atoms with van der Waals surface area (Å²) in [7, 11) is 0. The molecule has 17 heavy (non-hydrogen) atoms. The molecule has 0 spiro atoms. The first-order chi connectivity index (χ1) is 8.15. The Kier molecular flexibility index (Phi) is 3.81. The Bertz CT molecular complexity index is 539. The molecule has 0 saturated heterocycles. The minimum Gasteiger partial charge on any atom is -0.478 e. The Labute approximate surface area is 111 Å². The van der Waals surface area contributed by atoms with Crippen LogP contribution in [0.5, 0.6) is 0 Å². The third-order valence-corrected chi connectivity index (χ3v) is 3.80. The summed E-state index contributed by atoms with van der Waals surface area (Å²) in [6.07, 6.45) is 0. The number of rotatable bonds is 4. The Morgan fingerprint density at radius 3 is 2.82 bits per heavy atom. The van der Waals surface area contributed by atoms with E-state index in [0.29, 0.717) is 12.1 Å². The second-order valence-corrected chi connectivity index (χ2v) is 5.93. The van der Waals surface area contributed by atoms with Gasteiger partial charge in [0, 0.05) is 6.54 Å². The lowest BCUT2D eigenvalue weighted by Gasteiger charge is -2.04. The molecule has 1 aromatic carbocycles. The molecule has 0 saturated carbocycles. The average Bonchev–Trinajstić information content (AvgIpc) is 2.73. The van der Waals surface area contributed by atoms with Gasteiger partial charge in [0.25, 0.3) is 0 Å². The van der Waals surface area contributed by atoms with Gasteiger partial charge in [0.15, 0.2) is 0 Å². The van der Waals surface area contributed by atoms with Crippen molar-refractivity contribution < 1.29 is 9.90 Å². The van der Waals surface area contributed by atoms with E-state index in [1.54, 1.807) is 29.5 Å². The normalized spacial score (nSPS) is 10.2. The summed E-state index contributed by atoms with van der Waals surface area (Å²) in [6.45, 7) is 0.619. The molecule has 0 amide bonds. The predicted molar refractivity (Wildman–Crippen MR) is 72.7 cm³/mol. The third-order valence-electron chi connectivity index (χ3n) is 2.21. The zero-order chi connectivity index (χ0) is 12.3. The van der Waals surface area contributed by atoms with Gasteiger partial charge in [-0.3, -0.25) is 0 Å². The molecule has 1 aromatic heterocycles. The highest BCUT2D eigenvalue weighted by molar-refractivity contribution is 9.11. The Hall–Kier alpha value is -1.33. The maximum atomic E-state index is 10.8. The van der Waals surface area contributed by atoms with Crippen molar-refractivity contribution in [2.45, 2.75) is 6.54 Å². The molecule has 0 unspecified atom stereocenters. The number of carboxylic acid groups (broad SMARTS) is 1. The van der Waals surface area contributed by atoms with E-state index in [2.05, 4.69) is 21.2 Å². The van der Waals surface area contributed by atoms with Crippen molar-refractivity contribution in [2.75, 3.05) is 5.32 Å². The summed E-state index contributed by atoms with van der Waals surface area (Å²) in [4.78, 5) is 10.8. The van der Waals surface area contributed by atoms with Crippen molar-refractivity contribution in [2.24, 2.45) is 0 Å². The summed E-state index contributed by atoms with van der Waals surface area (Å²) < 4.78 is 1.07. The van der Waals surface area contributed by atoms with E-state index < -0.39 is 5.97 Å². The van der Waals surface area contributed by atoms with Crippen LogP contribution in [0.3, 0.4) is 0 Å². The minimum absolute atomic E-state index is 0.316. The number of aromatic carboxylic acids is 1. The molecular weight excluding hydrogens is 302 g/mol. The molecule has 0 aliphatic rings. The fraction of sp³-hybridized carbons (Fsp3) is 0.0833. The molecule has 5 heteroatoms. The SMILES string of the molecule is O=C(O)c1cccc(CNc2ccc(Br)s2)c1. The lowest BCUT2D eigenvalue weighted by Crippen LogP contribution is -2.01. The molecule has 3 nitrogen and oxygen atoms in total. The van der Waals surface area contributed by atoms with Gasteiger partial charge in [-0.25, -0.2) is 4.79 Å². The summed E-state index contributed by atoms with van der Waals surface area (Å²) >= 11 is 5.00. The first kappa shape index (κ1) is 12.1. The zero-order valence-electron chi connectivity index (χ0n) is 8.81. The van der Waals surface area contributed by atoms with Crippen molar-refractivity contribution >= 4 is 38.2 Å². The van der Waals surface area contributed by atoms with Crippen LogP contribution < -0.4 is 5.32 Å². The fourth-order valence-corrected chi connectivity index (χ4v) is 2.69. The van der Waals surface area contributed by atoms with E-state index in [4.69, 9.17) is 5.11 Å². The molecule has 2 rings (SSSR count). The number of hydrogen-bond donors (Lipinski definition) is 2. The van der Waals surface area contributed by atoms with Crippen molar-refractivity contribution in [1.82, 2.24) is 0 Å². The van der Waals surface area contributed by atoms with E-state index in [-0.39, 0.29) is 0 Å². The second kappa shape index (κ2) is 5.33. The molecule has 1 heterocycles. The molecule has 0 fully saturated rings. The van der Waals surface area contributed by atoms with Crippen molar-refractivity contribution in [3.8, 4) is 0 Å². The molecule has 0 atom stereocenters. The number of carbonyl (C=O) groups is 1. The van der Waals surface area contributed by atoms with E-state index >= 15 is 0 Å². The maximum absolute atomic E-state index is 10.8. The van der Waals surface area contributed by atoms with Crippen LogP contribution in [-0.2, 0) is 6.54 Å². The predicted octanol–water partition coefficient (Wildman–Crippen LogP) is 3.82. The average molecular weight is 312 g/mol. The smallest absolute Gasteiger partial charge is 0.335 e. The zero-order valence-corrected chi connectivity index (χ0v) is 11.2. The summed E-state index contributed by atoms with van der Waals surface area (Å²) in [6, 6.07) is 10.9. The molecular formula is C12H10BrNO2S. The molecule has 88 valence electrons. The lowest BCUT2D eigenvalue weighted by molar-refractivity contribution is 0.0697. The van der Waals surface area contributed by atoms with Gasteiger partial charge in [0.05, 0.1) is 14.4 Å². The number of benzene rings is 1. The van der Waals surface area contributed by atoms with Gasteiger partial charge in [0.1, 0.15) is 0 Å². The van der Waals surface area contributed by atoms with Crippen LogP contribution in [0.25, 0.3) is 0 Å². The highest BCUT2D eigenvalue weighted by Gasteiger charge is 2.03. The fourth-order valence-electron chi connectivity index (χ4n) is 1.41. The lowest BCUT2D eigenvalue weighted by atomic mass is 10.1. The number of thiophene rings is 1. The highest BCUT2D eigenvalue weighted by Crippen LogP contribution is 2.26. The highest BCUT2D eigenvalue weighted by atomic mass is 79.9. The van der Waals surface area contributed by atoms with Gasteiger partial charge < -0.3 is 10.4 Å². The van der Waals surface area contributed by atoms with Crippen LogP contribution in [0.2, 0.25) is 0 Å². The maximum Gasteiger partial charge on any atom is 0.335 e. The van der Waals surface area contributed by atoms with Gasteiger partial charge in [-0.05, 0) is 45.8 Å². The number of anilines is 1. The second-order valence-electron chi connectivity index (χ2n) is 3.46. The monoisotopic (exact) mass is 311 g/mol. The van der Waals surface area contributed by atoms with Gasteiger partial charge in [-0.1, -0.05) is 12.1 Å². The first-order valence-corrected chi connectivity index (χ1v) is 6.57. The largest absolute Gasteiger partial charge is 0.478 e. The quantitative estimate of drug-likeness (QED) is 0.902. The Morgan fingerprint density at radius 1 is 1.35 bits per heavy atom. The number of halogens is 1. The van der Waals surface area contributed by atoms with E-state index in [9.17, 15) is 4.79 Å². The standard InChI is InChI=1S/C12H10BrNO2S/c13-10-4-5-11(17-10)14-7-8-2-1-3-9(6-8)12(15)16/h1-6,14H,7H2,(H,15,16). The van der Waals surface area contributed by atoms with Crippen molar-refractivity contribution in [3.05, 3.63) is 51.3 Å². The number of nitrogens with one attached hydrogen (secondary N) is 1. The van der Waals surface area contributed by atoms with Crippen LogP contribution in [0.4, 0.5) is 5.00 Å². The van der Waals surface area contributed by atoms with Gasteiger partial charge in [0.2, 0.25) is 0 Å². The molecule has 0 aliphatic heterocycles. The molecule has 0 radical (unpaired) electrons. The molecule has 2 N–H and O–H groups in total. The summed E-state index contributed by atoms with van der Waals surface area (Å²) in [5.41, 5.74) is 1.27.